The van der Waals surface area contributed by atoms with Crippen LogP contribution in [0.2, 0.25) is 0 Å². The molecule has 9 heteroatoms. The first kappa shape index (κ1) is 24.7. The molecule has 1 aliphatic heterocycles. The van der Waals surface area contributed by atoms with E-state index in [0.29, 0.717) is 32.1 Å². The lowest BCUT2D eigenvalue weighted by Gasteiger charge is -2.23. The first-order chi connectivity index (χ1) is 18.0. The molecule has 0 radical (unpaired) electrons. The lowest BCUT2D eigenvalue weighted by atomic mass is 10.0. The molecule has 1 aliphatic rings. The molecule has 0 N–H and O–H groups in total. The number of rotatable bonds is 7. The third kappa shape index (κ3) is 4.87. The zero-order valence-corrected chi connectivity index (χ0v) is 22.1. The van der Waals surface area contributed by atoms with E-state index in [4.69, 9.17) is 14.2 Å². The number of hydrogen-bond donors (Lipinski definition) is 0. The van der Waals surface area contributed by atoms with Crippen molar-refractivity contribution in [1.29, 1.82) is 0 Å². The topological polar surface area (TPSA) is 79.1 Å². The second-order valence-electron chi connectivity index (χ2n) is 8.27. The van der Waals surface area contributed by atoms with Crippen LogP contribution in [0.3, 0.4) is 0 Å². The van der Waals surface area contributed by atoms with Crippen molar-refractivity contribution in [3.05, 3.63) is 113 Å². The fraction of sp³-hybridized carbons (Fsp3) is 0.179. The summed E-state index contributed by atoms with van der Waals surface area (Å²) in [6.45, 7) is 1.92. The molecule has 2 aromatic heterocycles. The van der Waals surface area contributed by atoms with Crippen molar-refractivity contribution in [2.75, 3.05) is 14.2 Å². The Balaban J connectivity index is 1.59. The summed E-state index contributed by atoms with van der Waals surface area (Å²) >= 11 is 2.75. The Hall–Kier alpha value is -3.95. The van der Waals surface area contributed by atoms with Crippen LogP contribution in [-0.4, -0.2) is 24.8 Å². The average molecular weight is 533 g/mol. The van der Waals surface area contributed by atoms with E-state index in [0.717, 1.165) is 16.0 Å². The van der Waals surface area contributed by atoms with Gasteiger partial charge in [0.15, 0.2) is 4.80 Å². The summed E-state index contributed by atoms with van der Waals surface area (Å²) in [6.07, 6.45) is 1.78. The van der Waals surface area contributed by atoms with Gasteiger partial charge in [0.2, 0.25) is 0 Å². The zero-order valence-electron chi connectivity index (χ0n) is 20.5. The fourth-order valence-corrected chi connectivity index (χ4v) is 6.04. The van der Waals surface area contributed by atoms with Crippen molar-refractivity contribution < 1.29 is 19.0 Å². The van der Waals surface area contributed by atoms with Gasteiger partial charge < -0.3 is 14.2 Å². The summed E-state index contributed by atoms with van der Waals surface area (Å²) in [7, 11) is 3.16. The SMILES string of the molecule is COc1ccc(/C=c2/sc3n(c2=O)[C@@H](c2cccs2)C(C(=O)OCc2ccccc2)=C(C)N=3)c(OC)c1. The molecule has 0 unspecified atom stereocenters. The number of nitrogens with zero attached hydrogens (tertiary/aromatic N) is 2. The minimum atomic E-state index is -0.626. The maximum atomic E-state index is 13.7. The molecule has 37 heavy (non-hydrogen) atoms. The number of fused-ring (bicyclic) bond motifs is 1. The van der Waals surface area contributed by atoms with E-state index in [1.165, 1.54) is 22.7 Å². The van der Waals surface area contributed by atoms with Crippen LogP contribution in [0, 0.1) is 0 Å². The third-order valence-corrected chi connectivity index (χ3v) is 7.90. The Labute approximate surface area is 221 Å². The zero-order chi connectivity index (χ0) is 25.9. The molecule has 0 fully saturated rings. The van der Waals surface area contributed by atoms with Gasteiger partial charge in [0, 0.05) is 16.5 Å². The largest absolute Gasteiger partial charge is 0.497 e. The standard InChI is InChI=1S/C28H24N2O5S2/c1-17-24(27(32)35-16-18-8-5-4-6-9-18)25(22-10-7-13-36-22)30-26(31)23(37-28(30)29-17)14-19-11-12-20(33-2)15-21(19)34-3/h4-15,25H,16H2,1-3H3/b23-14+/t25-/m0/s1. The summed E-state index contributed by atoms with van der Waals surface area (Å²) in [4.78, 5) is 33.1. The van der Waals surface area contributed by atoms with E-state index >= 15 is 0 Å². The van der Waals surface area contributed by atoms with E-state index < -0.39 is 12.0 Å². The molecular weight excluding hydrogens is 508 g/mol. The van der Waals surface area contributed by atoms with Crippen molar-refractivity contribution in [3.8, 4) is 11.5 Å². The van der Waals surface area contributed by atoms with Crippen LogP contribution < -0.4 is 24.4 Å². The Kier molecular flexibility index (Phi) is 7.07. The van der Waals surface area contributed by atoms with Crippen molar-refractivity contribution in [2.45, 2.75) is 19.6 Å². The predicted octanol–water partition coefficient (Wildman–Crippen LogP) is 4.06. The van der Waals surface area contributed by atoms with Crippen molar-refractivity contribution in [2.24, 2.45) is 4.99 Å². The van der Waals surface area contributed by atoms with E-state index in [1.54, 1.807) is 37.9 Å². The minimum absolute atomic E-state index is 0.134. The maximum absolute atomic E-state index is 13.7. The van der Waals surface area contributed by atoms with Crippen LogP contribution in [0.25, 0.3) is 6.08 Å². The molecule has 0 amide bonds. The van der Waals surface area contributed by atoms with Crippen LogP contribution in [0.4, 0.5) is 0 Å². The Bertz CT molecular complexity index is 1650. The van der Waals surface area contributed by atoms with Gasteiger partial charge in [0.05, 0.1) is 30.0 Å². The molecule has 5 rings (SSSR count). The number of ether oxygens (including phenoxy) is 3. The van der Waals surface area contributed by atoms with Gasteiger partial charge >= 0.3 is 5.97 Å². The summed E-state index contributed by atoms with van der Waals surface area (Å²) in [6, 6.07) is 18.1. The van der Waals surface area contributed by atoms with Crippen molar-refractivity contribution >= 4 is 34.7 Å². The molecule has 7 nitrogen and oxygen atoms in total. The van der Waals surface area contributed by atoms with E-state index in [9.17, 15) is 9.59 Å². The normalized spacial score (nSPS) is 15.2. The van der Waals surface area contributed by atoms with Crippen LogP contribution in [0.5, 0.6) is 11.5 Å². The molecule has 2 aromatic carbocycles. The monoisotopic (exact) mass is 532 g/mol. The minimum Gasteiger partial charge on any atom is -0.497 e. The van der Waals surface area contributed by atoms with Gasteiger partial charge in [-0.1, -0.05) is 47.7 Å². The quantitative estimate of drug-likeness (QED) is 0.336. The summed E-state index contributed by atoms with van der Waals surface area (Å²) < 4.78 is 18.5. The summed E-state index contributed by atoms with van der Waals surface area (Å²) in [5.74, 6) is 0.749. The van der Waals surface area contributed by atoms with Gasteiger partial charge in [-0.2, -0.15) is 0 Å². The number of methoxy groups -OCH3 is 2. The molecule has 4 aromatic rings. The van der Waals surface area contributed by atoms with Crippen LogP contribution in [0.15, 0.2) is 87.1 Å². The molecule has 0 saturated carbocycles. The van der Waals surface area contributed by atoms with Gasteiger partial charge in [0.25, 0.3) is 5.56 Å². The number of benzene rings is 2. The van der Waals surface area contributed by atoms with Crippen molar-refractivity contribution in [3.63, 3.8) is 0 Å². The number of hydrogen-bond acceptors (Lipinski definition) is 8. The van der Waals surface area contributed by atoms with Gasteiger partial charge in [-0.05, 0) is 42.1 Å². The second-order valence-corrected chi connectivity index (χ2v) is 10.3. The highest BCUT2D eigenvalue weighted by atomic mass is 32.1. The van der Waals surface area contributed by atoms with Crippen LogP contribution in [0.1, 0.15) is 29.0 Å². The van der Waals surface area contributed by atoms with Gasteiger partial charge in [0.1, 0.15) is 24.1 Å². The molecular formula is C28H24N2O5S2. The number of aromatic nitrogens is 1. The predicted molar refractivity (Wildman–Crippen MR) is 144 cm³/mol. The lowest BCUT2D eigenvalue weighted by molar-refractivity contribution is -0.140. The average Bonchev–Trinajstić information content (AvgIpc) is 3.56. The third-order valence-electron chi connectivity index (χ3n) is 5.99. The number of esters is 1. The van der Waals surface area contributed by atoms with Crippen molar-refractivity contribution in [1.82, 2.24) is 4.57 Å². The number of carbonyl (C=O) groups is 1. The van der Waals surface area contributed by atoms with E-state index in [-0.39, 0.29) is 12.2 Å². The molecule has 0 bridgehead atoms. The van der Waals surface area contributed by atoms with Gasteiger partial charge in [-0.15, -0.1) is 11.3 Å². The highest BCUT2D eigenvalue weighted by Crippen LogP contribution is 2.33. The smallest absolute Gasteiger partial charge is 0.338 e. The number of thiophene rings is 1. The molecule has 0 spiro atoms. The van der Waals surface area contributed by atoms with Crippen LogP contribution >= 0.6 is 22.7 Å². The number of thiazole rings is 1. The lowest BCUT2D eigenvalue weighted by Crippen LogP contribution is -2.39. The van der Waals surface area contributed by atoms with Crippen LogP contribution in [-0.2, 0) is 16.1 Å². The van der Waals surface area contributed by atoms with E-state index in [2.05, 4.69) is 4.99 Å². The Morgan fingerprint density at radius 2 is 1.89 bits per heavy atom. The number of carbonyl (C=O) groups excluding carboxylic acids is 1. The van der Waals surface area contributed by atoms with E-state index in [1.807, 2.05) is 60.0 Å². The fourth-order valence-electron chi connectivity index (χ4n) is 4.18. The summed E-state index contributed by atoms with van der Waals surface area (Å²) in [5.41, 5.74) is 2.28. The number of allylic oxidation sites excluding steroid dienone is 1. The molecule has 1 atom stereocenters. The molecule has 3 heterocycles. The highest BCUT2D eigenvalue weighted by molar-refractivity contribution is 7.10. The van der Waals surface area contributed by atoms with Gasteiger partial charge in [-0.3, -0.25) is 9.36 Å². The molecule has 0 saturated heterocycles. The Morgan fingerprint density at radius 1 is 1.08 bits per heavy atom. The maximum Gasteiger partial charge on any atom is 0.338 e. The first-order valence-corrected chi connectivity index (χ1v) is 13.2. The molecule has 0 aliphatic carbocycles. The first-order valence-electron chi connectivity index (χ1n) is 11.5. The molecule has 188 valence electrons. The second kappa shape index (κ2) is 10.6. The summed E-state index contributed by atoms with van der Waals surface area (Å²) in [5, 5.41) is 1.93. The highest BCUT2D eigenvalue weighted by Gasteiger charge is 2.34. The Morgan fingerprint density at radius 3 is 2.59 bits per heavy atom. The van der Waals surface area contributed by atoms with Gasteiger partial charge in [-0.25, -0.2) is 9.79 Å².